The van der Waals surface area contributed by atoms with Crippen LogP contribution in [0.4, 0.5) is 0 Å². The Morgan fingerprint density at radius 1 is 1.16 bits per heavy atom. The SMILES string of the molecule is C=C1SC(c2cc(C(C)(C)C)c(O)c(C(C)(C)C)c2)C(=O)N1NCC. The van der Waals surface area contributed by atoms with E-state index in [0.29, 0.717) is 17.3 Å². The van der Waals surface area contributed by atoms with E-state index in [1.807, 2.05) is 19.1 Å². The molecule has 1 unspecified atom stereocenters. The summed E-state index contributed by atoms with van der Waals surface area (Å²) in [5.41, 5.74) is 5.29. The summed E-state index contributed by atoms with van der Waals surface area (Å²) in [4.78, 5) is 12.8. The number of phenolic OH excluding ortho intramolecular Hbond substituents is 1. The fourth-order valence-electron chi connectivity index (χ4n) is 2.97. The minimum atomic E-state index is -0.339. The number of nitrogens with zero attached hydrogens (tertiary/aromatic N) is 1. The van der Waals surface area contributed by atoms with Crippen molar-refractivity contribution < 1.29 is 9.90 Å². The molecule has 0 aliphatic carbocycles. The Labute approximate surface area is 155 Å². The number of nitrogens with one attached hydrogen (secondary N) is 1. The van der Waals surface area contributed by atoms with Gasteiger partial charge in [-0.05, 0) is 39.7 Å². The predicted octanol–water partition coefficient (Wildman–Crippen LogP) is 4.60. The van der Waals surface area contributed by atoms with Crippen LogP contribution >= 0.6 is 11.8 Å². The normalized spacial score (nSPS) is 19.0. The van der Waals surface area contributed by atoms with Crippen molar-refractivity contribution in [1.82, 2.24) is 10.4 Å². The van der Waals surface area contributed by atoms with E-state index in [0.717, 1.165) is 16.7 Å². The van der Waals surface area contributed by atoms with Gasteiger partial charge in [0.1, 0.15) is 11.0 Å². The number of rotatable bonds is 3. The summed E-state index contributed by atoms with van der Waals surface area (Å²) in [7, 11) is 0. The molecule has 1 saturated heterocycles. The number of aromatic hydroxyl groups is 1. The summed E-state index contributed by atoms with van der Waals surface area (Å²) in [5.74, 6) is 0.323. The van der Waals surface area contributed by atoms with Crippen LogP contribution in [-0.2, 0) is 15.6 Å². The maximum absolute atomic E-state index is 12.8. The van der Waals surface area contributed by atoms with Crippen LogP contribution in [0.3, 0.4) is 0 Å². The second-order valence-corrected chi connectivity index (χ2v) is 9.72. The van der Waals surface area contributed by atoms with Gasteiger partial charge in [0.05, 0.1) is 5.03 Å². The first-order valence-electron chi connectivity index (χ1n) is 8.68. The van der Waals surface area contributed by atoms with Gasteiger partial charge in [0.15, 0.2) is 0 Å². The van der Waals surface area contributed by atoms with Gasteiger partial charge < -0.3 is 5.11 Å². The number of benzene rings is 1. The molecule has 1 aromatic rings. The fourth-order valence-corrected chi connectivity index (χ4v) is 3.98. The first-order valence-corrected chi connectivity index (χ1v) is 9.56. The molecule has 1 aliphatic heterocycles. The van der Waals surface area contributed by atoms with Crippen molar-refractivity contribution in [2.45, 2.75) is 64.5 Å². The van der Waals surface area contributed by atoms with E-state index in [1.54, 1.807) is 0 Å². The lowest BCUT2D eigenvalue weighted by Gasteiger charge is -2.29. The molecule has 1 aliphatic rings. The monoisotopic (exact) mass is 362 g/mol. The summed E-state index contributed by atoms with van der Waals surface area (Å²) >= 11 is 1.46. The number of amides is 1. The molecule has 4 nitrogen and oxygen atoms in total. The zero-order chi connectivity index (χ0) is 19.2. The lowest BCUT2D eigenvalue weighted by atomic mass is 9.78. The molecule has 1 heterocycles. The van der Waals surface area contributed by atoms with Crippen LogP contribution in [0.25, 0.3) is 0 Å². The first kappa shape index (κ1) is 19.9. The third-order valence-corrected chi connectivity index (χ3v) is 5.48. The summed E-state index contributed by atoms with van der Waals surface area (Å²) in [6.45, 7) is 19.1. The summed E-state index contributed by atoms with van der Waals surface area (Å²) in [5, 5.41) is 12.8. The third kappa shape index (κ3) is 3.87. The molecule has 25 heavy (non-hydrogen) atoms. The van der Waals surface area contributed by atoms with Crippen molar-refractivity contribution in [3.05, 3.63) is 40.4 Å². The minimum Gasteiger partial charge on any atom is -0.507 e. The first-order chi connectivity index (χ1) is 11.4. The van der Waals surface area contributed by atoms with Gasteiger partial charge in [-0.15, -0.1) is 0 Å². The van der Waals surface area contributed by atoms with E-state index in [4.69, 9.17) is 0 Å². The smallest absolute Gasteiger partial charge is 0.259 e. The summed E-state index contributed by atoms with van der Waals surface area (Å²) < 4.78 is 0. The highest BCUT2D eigenvalue weighted by atomic mass is 32.2. The quantitative estimate of drug-likeness (QED) is 0.825. The van der Waals surface area contributed by atoms with Crippen molar-refractivity contribution in [3.63, 3.8) is 0 Å². The van der Waals surface area contributed by atoms with Crippen LogP contribution in [-0.4, -0.2) is 22.6 Å². The van der Waals surface area contributed by atoms with Crippen LogP contribution < -0.4 is 5.43 Å². The Balaban J connectivity index is 2.59. The number of hydrazine groups is 1. The van der Waals surface area contributed by atoms with Crippen LogP contribution in [0.15, 0.2) is 23.7 Å². The van der Waals surface area contributed by atoms with Gasteiger partial charge in [0, 0.05) is 6.54 Å². The Morgan fingerprint density at radius 3 is 2.04 bits per heavy atom. The molecule has 0 saturated carbocycles. The second kappa shape index (κ2) is 6.69. The van der Waals surface area contributed by atoms with Gasteiger partial charge in [0.25, 0.3) is 5.91 Å². The van der Waals surface area contributed by atoms with Crippen molar-refractivity contribution in [2.75, 3.05) is 6.54 Å². The molecule has 2 rings (SSSR count). The van der Waals surface area contributed by atoms with Gasteiger partial charge >= 0.3 is 0 Å². The van der Waals surface area contributed by atoms with E-state index in [1.165, 1.54) is 16.8 Å². The molecule has 2 N–H and O–H groups in total. The lowest BCUT2D eigenvalue weighted by Crippen LogP contribution is -2.38. The molecule has 0 bridgehead atoms. The van der Waals surface area contributed by atoms with Crippen molar-refractivity contribution >= 4 is 17.7 Å². The Kier molecular flexibility index (Phi) is 5.31. The standard InChI is InChI=1S/C20H30N2O2S/c1-9-21-22-12(2)25-17(18(22)24)13-10-14(19(3,4)5)16(23)15(11-13)20(6,7)8/h10-11,17,21,23H,2,9H2,1,3-8H3. The van der Waals surface area contributed by atoms with Crippen LogP contribution in [0.5, 0.6) is 5.75 Å². The number of hydrogen-bond acceptors (Lipinski definition) is 4. The number of carbonyl (C=O) groups is 1. The number of carbonyl (C=O) groups excluding carboxylic acids is 1. The number of thioether (sulfide) groups is 1. The maximum Gasteiger partial charge on any atom is 0.259 e. The van der Waals surface area contributed by atoms with Crippen LogP contribution in [0.2, 0.25) is 0 Å². The van der Waals surface area contributed by atoms with Crippen molar-refractivity contribution in [2.24, 2.45) is 0 Å². The van der Waals surface area contributed by atoms with Crippen molar-refractivity contribution in [1.29, 1.82) is 0 Å². The van der Waals surface area contributed by atoms with E-state index in [9.17, 15) is 9.90 Å². The molecular weight excluding hydrogens is 332 g/mol. The highest BCUT2D eigenvalue weighted by molar-refractivity contribution is 8.04. The predicted molar refractivity (Wildman–Crippen MR) is 106 cm³/mol. The topological polar surface area (TPSA) is 52.6 Å². The zero-order valence-electron chi connectivity index (χ0n) is 16.4. The van der Waals surface area contributed by atoms with Crippen LogP contribution in [0.1, 0.15) is 70.4 Å². The molecule has 1 fully saturated rings. The van der Waals surface area contributed by atoms with Crippen LogP contribution in [0, 0.1) is 0 Å². The molecule has 0 radical (unpaired) electrons. The highest BCUT2D eigenvalue weighted by Crippen LogP contribution is 2.47. The zero-order valence-corrected chi connectivity index (χ0v) is 17.2. The van der Waals surface area contributed by atoms with Gasteiger partial charge in [-0.1, -0.05) is 66.8 Å². The van der Waals surface area contributed by atoms with E-state index in [-0.39, 0.29) is 22.0 Å². The highest BCUT2D eigenvalue weighted by Gasteiger charge is 2.38. The maximum atomic E-state index is 12.8. The Bertz CT molecular complexity index is 664. The summed E-state index contributed by atoms with van der Waals surface area (Å²) in [6.07, 6.45) is 0. The van der Waals surface area contributed by atoms with Gasteiger partial charge in [-0.3, -0.25) is 4.79 Å². The molecule has 1 aromatic carbocycles. The van der Waals surface area contributed by atoms with E-state index in [2.05, 4.69) is 53.5 Å². The second-order valence-electron chi connectivity index (χ2n) is 8.54. The molecule has 0 spiro atoms. The molecule has 5 heteroatoms. The average Bonchev–Trinajstić information content (AvgIpc) is 2.73. The van der Waals surface area contributed by atoms with Gasteiger partial charge in [0.2, 0.25) is 0 Å². The molecule has 138 valence electrons. The van der Waals surface area contributed by atoms with Crippen molar-refractivity contribution in [3.8, 4) is 5.75 Å². The third-order valence-electron chi connectivity index (χ3n) is 4.32. The van der Waals surface area contributed by atoms with E-state index >= 15 is 0 Å². The molecule has 1 atom stereocenters. The largest absolute Gasteiger partial charge is 0.507 e. The minimum absolute atomic E-state index is 0.0118. The number of phenols is 1. The summed E-state index contributed by atoms with van der Waals surface area (Å²) in [6, 6.07) is 3.95. The molecule has 0 aromatic heterocycles. The van der Waals surface area contributed by atoms with Gasteiger partial charge in [-0.25, -0.2) is 10.4 Å². The molecular formula is C20H30N2O2S. The van der Waals surface area contributed by atoms with Gasteiger partial charge in [-0.2, -0.15) is 0 Å². The lowest BCUT2D eigenvalue weighted by molar-refractivity contribution is -0.130. The number of hydrogen-bond donors (Lipinski definition) is 2. The Hall–Kier alpha value is -1.46. The Morgan fingerprint density at radius 2 is 1.64 bits per heavy atom. The average molecular weight is 363 g/mol. The molecule has 1 amide bonds. The fraction of sp³-hybridized carbons (Fsp3) is 0.550. The van der Waals surface area contributed by atoms with E-state index < -0.39 is 0 Å².